The number of para-hydroxylation sites is 2. The summed E-state index contributed by atoms with van der Waals surface area (Å²) >= 11 is 12.1. The Morgan fingerprint density at radius 2 is 1.89 bits per heavy atom. The number of carbonyl (C=O) groups is 1. The molecule has 0 fully saturated rings. The van der Waals surface area contributed by atoms with Gasteiger partial charge in [-0.1, -0.05) is 35.3 Å². The standard InChI is InChI=1S/C19H18Cl2N4O3/c1-3-27-15-6-4-5-7-16(15)28-11-18(26)23-17-8-12(2)24-25(17)19-14(21)9-13(20)10-22-19/h4-10H,3,11H2,1-2H3,(H,23,26). The minimum absolute atomic E-state index is 0.198. The van der Waals surface area contributed by atoms with Gasteiger partial charge in [-0.05, 0) is 32.0 Å². The van der Waals surface area contributed by atoms with Crippen LogP contribution in [0.25, 0.3) is 5.82 Å². The lowest BCUT2D eigenvalue weighted by Gasteiger charge is -2.12. The number of anilines is 1. The van der Waals surface area contributed by atoms with E-state index in [4.69, 9.17) is 32.7 Å². The number of ether oxygens (including phenoxy) is 2. The van der Waals surface area contributed by atoms with Crippen molar-refractivity contribution in [1.29, 1.82) is 0 Å². The van der Waals surface area contributed by atoms with Crippen molar-refractivity contribution in [3.05, 3.63) is 58.3 Å². The van der Waals surface area contributed by atoms with Gasteiger partial charge in [0.1, 0.15) is 5.82 Å². The van der Waals surface area contributed by atoms with Crippen LogP contribution in [-0.4, -0.2) is 33.9 Å². The molecule has 2 aromatic heterocycles. The van der Waals surface area contributed by atoms with Gasteiger partial charge in [0, 0.05) is 12.3 Å². The summed E-state index contributed by atoms with van der Waals surface area (Å²) in [6.45, 7) is 3.98. The van der Waals surface area contributed by atoms with E-state index in [-0.39, 0.29) is 12.5 Å². The summed E-state index contributed by atoms with van der Waals surface area (Å²) in [7, 11) is 0. The molecule has 2 heterocycles. The van der Waals surface area contributed by atoms with Gasteiger partial charge < -0.3 is 14.8 Å². The van der Waals surface area contributed by atoms with Crippen LogP contribution < -0.4 is 14.8 Å². The smallest absolute Gasteiger partial charge is 0.263 e. The second kappa shape index (κ2) is 8.95. The molecule has 0 saturated carbocycles. The van der Waals surface area contributed by atoms with Gasteiger partial charge in [-0.2, -0.15) is 9.78 Å². The molecule has 0 unspecified atom stereocenters. The number of amides is 1. The molecular weight excluding hydrogens is 403 g/mol. The number of hydrogen-bond acceptors (Lipinski definition) is 5. The minimum Gasteiger partial charge on any atom is -0.490 e. The quantitative estimate of drug-likeness (QED) is 0.616. The van der Waals surface area contributed by atoms with E-state index in [2.05, 4.69) is 15.4 Å². The van der Waals surface area contributed by atoms with Crippen LogP contribution in [0.5, 0.6) is 11.5 Å². The first-order valence-corrected chi connectivity index (χ1v) is 9.26. The van der Waals surface area contributed by atoms with Crippen molar-refractivity contribution in [2.45, 2.75) is 13.8 Å². The predicted octanol–water partition coefficient (Wildman–Crippen LogP) is 4.30. The summed E-state index contributed by atoms with van der Waals surface area (Å²) in [5, 5.41) is 7.81. The van der Waals surface area contributed by atoms with Gasteiger partial charge >= 0.3 is 0 Å². The first kappa shape index (κ1) is 20.0. The van der Waals surface area contributed by atoms with E-state index >= 15 is 0 Å². The van der Waals surface area contributed by atoms with E-state index in [1.807, 2.05) is 19.1 Å². The van der Waals surface area contributed by atoms with Gasteiger partial charge in [-0.3, -0.25) is 4.79 Å². The zero-order valence-corrected chi connectivity index (χ0v) is 16.8. The summed E-state index contributed by atoms with van der Waals surface area (Å²) in [5.41, 5.74) is 0.686. The fourth-order valence-corrected chi connectivity index (χ4v) is 2.94. The number of carbonyl (C=O) groups excluding carboxylic acids is 1. The van der Waals surface area contributed by atoms with Gasteiger partial charge in [0.2, 0.25) is 0 Å². The van der Waals surface area contributed by atoms with E-state index in [0.29, 0.717) is 45.5 Å². The molecule has 3 aromatic rings. The Balaban J connectivity index is 1.73. The van der Waals surface area contributed by atoms with Crippen LogP contribution in [0.2, 0.25) is 10.0 Å². The third-order valence-corrected chi connectivity index (χ3v) is 4.08. The van der Waals surface area contributed by atoms with E-state index in [1.54, 1.807) is 31.2 Å². The molecule has 1 aromatic carbocycles. The van der Waals surface area contributed by atoms with Crippen LogP contribution in [0, 0.1) is 6.92 Å². The zero-order valence-electron chi connectivity index (χ0n) is 15.3. The van der Waals surface area contributed by atoms with E-state index in [0.717, 1.165) is 0 Å². The number of hydrogen-bond donors (Lipinski definition) is 1. The van der Waals surface area contributed by atoms with Crippen LogP contribution in [0.15, 0.2) is 42.6 Å². The van der Waals surface area contributed by atoms with E-state index in [1.165, 1.54) is 10.9 Å². The lowest BCUT2D eigenvalue weighted by molar-refractivity contribution is -0.118. The molecule has 3 rings (SSSR count). The summed E-state index contributed by atoms with van der Waals surface area (Å²) in [6.07, 6.45) is 1.46. The average Bonchev–Trinajstić information content (AvgIpc) is 3.01. The Morgan fingerprint density at radius 3 is 2.57 bits per heavy atom. The molecule has 0 radical (unpaired) electrons. The van der Waals surface area contributed by atoms with Crippen molar-refractivity contribution in [2.24, 2.45) is 0 Å². The predicted molar refractivity (Wildman–Crippen MR) is 108 cm³/mol. The lowest BCUT2D eigenvalue weighted by atomic mass is 10.3. The topological polar surface area (TPSA) is 78.3 Å². The fraction of sp³-hybridized carbons (Fsp3) is 0.211. The van der Waals surface area contributed by atoms with Crippen LogP contribution in [0.4, 0.5) is 5.82 Å². The molecule has 1 amide bonds. The number of rotatable bonds is 7. The van der Waals surface area contributed by atoms with Crippen molar-refractivity contribution in [3.8, 4) is 17.3 Å². The highest BCUT2D eigenvalue weighted by molar-refractivity contribution is 6.35. The maximum absolute atomic E-state index is 12.4. The number of pyridine rings is 1. The number of aryl methyl sites for hydroxylation is 1. The third-order valence-electron chi connectivity index (χ3n) is 3.60. The van der Waals surface area contributed by atoms with Gasteiger partial charge in [0.15, 0.2) is 23.9 Å². The summed E-state index contributed by atoms with van der Waals surface area (Å²) < 4.78 is 12.5. The first-order chi connectivity index (χ1) is 13.5. The molecule has 1 N–H and O–H groups in total. The Labute approximate surface area is 172 Å². The Bertz CT molecular complexity index is 991. The lowest BCUT2D eigenvalue weighted by Crippen LogP contribution is -2.22. The van der Waals surface area contributed by atoms with Crippen molar-refractivity contribution >= 4 is 34.9 Å². The first-order valence-electron chi connectivity index (χ1n) is 8.50. The van der Waals surface area contributed by atoms with Crippen LogP contribution in [0.3, 0.4) is 0 Å². The second-order valence-electron chi connectivity index (χ2n) is 5.76. The Morgan fingerprint density at radius 1 is 1.18 bits per heavy atom. The Hall–Kier alpha value is -2.77. The molecule has 0 spiro atoms. The number of nitrogens with one attached hydrogen (secondary N) is 1. The summed E-state index contributed by atoms with van der Waals surface area (Å²) in [6, 6.07) is 10.4. The molecule has 9 heteroatoms. The molecule has 7 nitrogen and oxygen atoms in total. The molecule has 0 saturated heterocycles. The van der Waals surface area contributed by atoms with Crippen molar-refractivity contribution in [3.63, 3.8) is 0 Å². The molecular formula is C19H18Cl2N4O3. The van der Waals surface area contributed by atoms with Gasteiger partial charge in [-0.15, -0.1) is 0 Å². The summed E-state index contributed by atoms with van der Waals surface area (Å²) in [5.74, 6) is 1.48. The van der Waals surface area contributed by atoms with Crippen molar-refractivity contribution < 1.29 is 14.3 Å². The molecule has 0 aliphatic heterocycles. The van der Waals surface area contributed by atoms with Crippen molar-refractivity contribution in [1.82, 2.24) is 14.8 Å². The zero-order chi connectivity index (χ0) is 20.1. The van der Waals surface area contributed by atoms with Gasteiger partial charge in [0.05, 0.1) is 22.3 Å². The molecule has 0 bridgehead atoms. The molecule has 0 aliphatic carbocycles. The van der Waals surface area contributed by atoms with Crippen molar-refractivity contribution in [2.75, 3.05) is 18.5 Å². The highest BCUT2D eigenvalue weighted by Crippen LogP contribution is 2.27. The maximum atomic E-state index is 12.4. The molecule has 0 aliphatic rings. The largest absolute Gasteiger partial charge is 0.490 e. The highest BCUT2D eigenvalue weighted by Gasteiger charge is 2.15. The SMILES string of the molecule is CCOc1ccccc1OCC(=O)Nc1cc(C)nn1-c1ncc(Cl)cc1Cl. The van der Waals surface area contributed by atoms with Gasteiger partial charge in [0.25, 0.3) is 5.91 Å². The molecule has 0 atom stereocenters. The average molecular weight is 421 g/mol. The Kier molecular flexibility index (Phi) is 6.38. The fourth-order valence-electron chi connectivity index (χ4n) is 2.48. The van der Waals surface area contributed by atoms with Crippen LogP contribution >= 0.6 is 23.2 Å². The van der Waals surface area contributed by atoms with Crippen LogP contribution in [-0.2, 0) is 4.79 Å². The monoisotopic (exact) mass is 420 g/mol. The van der Waals surface area contributed by atoms with E-state index in [9.17, 15) is 4.79 Å². The number of aromatic nitrogens is 3. The number of halogens is 2. The highest BCUT2D eigenvalue weighted by atomic mass is 35.5. The van der Waals surface area contributed by atoms with E-state index < -0.39 is 0 Å². The number of nitrogens with zero attached hydrogens (tertiary/aromatic N) is 3. The second-order valence-corrected chi connectivity index (χ2v) is 6.60. The van der Waals surface area contributed by atoms with Gasteiger partial charge in [-0.25, -0.2) is 4.98 Å². The number of benzene rings is 1. The normalized spacial score (nSPS) is 10.6. The molecule has 28 heavy (non-hydrogen) atoms. The third kappa shape index (κ3) is 4.74. The maximum Gasteiger partial charge on any atom is 0.263 e. The van der Waals surface area contributed by atoms with Crippen LogP contribution in [0.1, 0.15) is 12.6 Å². The summed E-state index contributed by atoms with van der Waals surface area (Å²) in [4.78, 5) is 16.6. The molecule has 146 valence electrons. The minimum atomic E-state index is -0.363.